The number of halogens is 1. The van der Waals surface area contributed by atoms with Crippen LogP contribution in [-0.2, 0) is 17.8 Å². The van der Waals surface area contributed by atoms with Gasteiger partial charge in [0.2, 0.25) is 11.8 Å². The van der Waals surface area contributed by atoms with Crippen molar-refractivity contribution < 1.29 is 19.5 Å². The molecule has 0 spiro atoms. The lowest BCUT2D eigenvalue weighted by molar-refractivity contribution is -0.139. The number of hydrogen-bond acceptors (Lipinski definition) is 12. The van der Waals surface area contributed by atoms with Gasteiger partial charge in [0.15, 0.2) is 5.78 Å². The number of aromatic nitrogens is 6. The lowest BCUT2D eigenvalue weighted by Crippen LogP contribution is -2.40. The highest BCUT2D eigenvalue weighted by molar-refractivity contribution is 7.17. The Balaban J connectivity index is 1.14. The Labute approximate surface area is 272 Å². The van der Waals surface area contributed by atoms with Gasteiger partial charge in [0.25, 0.3) is 5.91 Å². The van der Waals surface area contributed by atoms with Crippen LogP contribution in [0.15, 0.2) is 42.5 Å². The van der Waals surface area contributed by atoms with Crippen molar-refractivity contribution in [2.45, 2.75) is 51.6 Å². The summed E-state index contributed by atoms with van der Waals surface area (Å²) in [6, 6.07) is 11.3. The highest BCUT2D eigenvalue weighted by atomic mass is 35.5. The first kappa shape index (κ1) is 32.2. The average Bonchev–Trinajstić information content (AvgIpc) is 3.74. The van der Waals surface area contributed by atoms with Crippen LogP contribution in [0.5, 0.6) is 0 Å². The molecule has 0 fully saturated rings. The Hall–Kier alpha value is -5.15. The number of carboxylic acid groups (broad SMARTS) is 1. The minimum Gasteiger partial charge on any atom is -0.480 e. The molecule has 3 heterocycles. The van der Waals surface area contributed by atoms with Gasteiger partial charge in [0, 0.05) is 24.1 Å². The molecule has 0 bridgehead atoms. The van der Waals surface area contributed by atoms with Gasteiger partial charge in [-0.3, -0.25) is 9.59 Å². The van der Waals surface area contributed by atoms with Gasteiger partial charge in [-0.05, 0) is 59.9 Å². The van der Waals surface area contributed by atoms with Crippen LogP contribution in [0.3, 0.4) is 0 Å². The summed E-state index contributed by atoms with van der Waals surface area (Å²) in [7, 11) is 0. The number of rotatable bonds is 14. The molecule has 1 amide bonds. The van der Waals surface area contributed by atoms with Crippen molar-refractivity contribution in [2.75, 3.05) is 16.8 Å². The van der Waals surface area contributed by atoms with Crippen molar-refractivity contribution in [3.05, 3.63) is 69.1 Å². The summed E-state index contributed by atoms with van der Waals surface area (Å²) in [6.45, 7) is 2.34. The Morgan fingerprint density at radius 1 is 1.09 bits per heavy atom. The molecule has 0 saturated heterocycles. The zero-order valence-corrected chi connectivity index (χ0v) is 26.3. The number of aromatic amines is 1. The van der Waals surface area contributed by atoms with Crippen molar-refractivity contribution in [2.24, 2.45) is 0 Å². The number of carbonyl (C=O) groups excluding carboxylic acids is 2. The number of ketones is 1. The quantitative estimate of drug-likeness (QED) is 0.0714. The molecule has 238 valence electrons. The molecule has 0 radical (unpaired) electrons. The SMILES string of the molecule is CCc1ccc(C(=O)CCCC[C@H](NC(=O)c2ccc(NCc3ccc4nc(N)nc(N)c4c3Cl)s2)C(=O)O)c(-c2nn[nH]n2)c1. The molecule has 46 heavy (non-hydrogen) atoms. The first-order valence-electron chi connectivity index (χ1n) is 14.4. The van der Waals surface area contributed by atoms with Crippen molar-refractivity contribution in [3.8, 4) is 11.4 Å². The van der Waals surface area contributed by atoms with E-state index in [2.05, 4.69) is 41.2 Å². The summed E-state index contributed by atoms with van der Waals surface area (Å²) in [5.41, 5.74) is 15.1. The van der Waals surface area contributed by atoms with Gasteiger partial charge in [-0.2, -0.15) is 10.2 Å². The number of nitrogens with zero attached hydrogens (tertiary/aromatic N) is 5. The lowest BCUT2D eigenvalue weighted by Gasteiger charge is -2.14. The zero-order valence-electron chi connectivity index (χ0n) is 24.7. The Kier molecular flexibility index (Phi) is 10.0. The van der Waals surface area contributed by atoms with Crippen LogP contribution in [0.2, 0.25) is 5.02 Å². The maximum atomic E-state index is 13.1. The summed E-state index contributed by atoms with van der Waals surface area (Å²) in [5, 5.41) is 31.2. The molecule has 0 unspecified atom stereocenters. The van der Waals surface area contributed by atoms with Crippen LogP contribution in [0, 0.1) is 0 Å². The van der Waals surface area contributed by atoms with Crippen molar-refractivity contribution >= 4 is 68.3 Å². The number of aliphatic carboxylic acids is 1. The largest absolute Gasteiger partial charge is 0.480 e. The molecule has 14 nitrogen and oxygen atoms in total. The number of amides is 1. The number of thiophene rings is 1. The number of anilines is 3. The smallest absolute Gasteiger partial charge is 0.326 e. The number of Topliss-reactive ketones (excluding diaryl/α,β-unsaturated/α-hetero) is 1. The van der Waals surface area contributed by atoms with E-state index < -0.39 is 17.9 Å². The number of nitrogen functional groups attached to an aromatic ring is 2. The van der Waals surface area contributed by atoms with E-state index in [-0.39, 0.29) is 30.4 Å². The van der Waals surface area contributed by atoms with Crippen LogP contribution in [-0.4, -0.2) is 59.4 Å². The number of nitrogens with two attached hydrogens (primary N) is 2. The van der Waals surface area contributed by atoms with E-state index >= 15 is 0 Å². The second-order valence-corrected chi connectivity index (χ2v) is 11.9. The molecule has 0 saturated carbocycles. The Morgan fingerprint density at radius 2 is 1.91 bits per heavy atom. The number of nitrogens with one attached hydrogen (secondary N) is 3. The average molecular weight is 663 g/mol. The third-order valence-electron chi connectivity index (χ3n) is 7.34. The van der Waals surface area contributed by atoms with E-state index in [0.717, 1.165) is 17.5 Å². The number of tetrazole rings is 1. The van der Waals surface area contributed by atoms with Crippen LogP contribution >= 0.6 is 22.9 Å². The summed E-state index contributed by atoms with van der Waals surface area (Å²) < 4.78 is 0. The van der Waals surface area contributed by atoms with Gasteiger partial charge in [-0.15, -0.1) is 21.5 Å². The molecule has 1 atom stereocenters. The molecular weight excluding hydrogens is 632 g/mol. The summed E-state index contributed by atoms with van der Waals surface area (Å²) in [6.07, 6.45) is 2.00. The van der Waals surface area contributed by atoms with Gasteiger partial charge in [0.1, 0.15) is 11.9 Å². The third-order valence-corrected chi connectivity index (χ3v) is 8.81. The molecule has 0 aliphatic rings. The summed E-state index contributed by atoms with van der Waals surface area (Å²) >= 11 is 7.74. The van der Waals surface area contributed by atoms with Crippen LogP contribution < -0.4 is 22.1 Å². The number of fused-ring (bicyclic) bond motifs is 1. The van der Waals surface area contributed by atoms with Gasteiger partial charge in [-0.1, -0.05) is 43.1 Å². The predicted molar refractivity (Wildman–Crippen MR) is 176 cm³/mol. The van der Waals surface area contributed by atoms with Crippen LogP contribution in [0.25, 0.3) is 22.3 Å². The minimum atomic E-state index is -1.15. The summed E-state index contributed by atoms with van der Waals surface area (Å²) in [5.74, 6) is -1.19. The normalized spacial score (nSPS) is 11.8. The molecule has 5 aromatic rings. The van der Waals surface area contributed by atoms with Gasteiger partial charge >= 0.3 is 5.97 Å². The monoisotopic (exact) mass is 662 g/mol. The van der Waals surface area contributed by atoms with E-state index in [1.165, 1.54) is 11.3 Å². The fourth-order valence-corrected chi connectivity index (χ4v) is 6.05. The predicted octanol–water partition coefficient (Wildman–Crippen LogP) is 4.49. The maximum Gasteiger partial charge on any atom is 0.326 e. The van der Waals surface area contributed by atoms with Crippen LogP contribution in [0.1, 0.15) is 63.8 Å². The second-order valence-electron chi connectivity index (χ2n) is 10.4. The van der Waals surface area contributed by atoms with E-state index in [1.54, 1.807) is 30.3 Å². The number of carboxylic acids is 1. The molecule has 2 aromatic carbocycles. The van der Waals surface area contributed by atoms with E-state index in [4.69, 9.17) is 23.1 Å². The van der Waals surface area contributed by atoms with Crippen LogP contribution in [0.4, 0.5) is 16.8 Å². The van der Waals surface area contributed by atoms with E-state index in [1.807, 2.05) is 19.1 Å². The first-order chi connectivity index (χ1) is 22.1. The molecule has 0 aliphatic carbocycles. The highest BCUT2D eigenvalue weighted by Gasteiger charge is 2.22. The van der Waals surface area contributed by atoms with Crippen molar-refractivity contribution in [3.63, 3.8) is 0 Å². The highest BCUT2D eigenvalue weighted by Crippen LogP contribution is 2.32. The van der Waals surface area contributed by atoms with Gasteiger partial charge in [-0.25, -0.2) is 9.78 Å². The fraction of sp³-hybridized carbons (Fsp3) is 0.267. The van der Waals surface area contributed by atoms with Gasteiger partial charge in [0.05, 0.1) is 25.8 Å². The number of unbranched alkanes of at least 4 members (excludes halogenated alkanes) is 1. The molecular formula is C30H31ClN10O4S. The summed E-state index contributed by atoms with van der Waals surface area (Å²) in [4.78, 5) is 46.4. The van der Waals surface area contributed by atoms with E-state index in [9.17, 15) is 19.5 Å². The number of H-pyrrole nitrogens is 1. The number of carbonyl (C=O) groups is 3. The fourth-order valence-electron chi connectivity index (χ4n) is 4.92. The standard InChI is InChI=1S/C30H31ClN10O4S/c1-2-15-7-9-17(18(13-15)27-38-40-41-39-27)21(42)6-4-3-5-20(29(44)45)35-28(43)22-11-12-23(46-22)34-14-16-8-10-19-24(25(16)31)26(32)37-30(33)36-19/h7-13,20,34H,2-6,14H2,1H3,(H,35,43)(H,44,45)(H4,32,33,36,37)(H,38,39,40,41)/t20-/m0/s1. The third kappa shape index (κ3) is 7.38. The Bertz CT molecular complexity index is 1900. The number of benzene rings is 2. The number of hydrogen-bond donors (Lipinski definition) is 6. The van der Waals surface area contributed by atoms with Gasteiger partial charge < -0.3 is 27.2 Å². The lowest BCUT2D eigenvalue weighted by atomic mass is 9.96. The van der Waals surface area contributed by atoms with E-state index in [0.29, 0.717) is 62.1 Å². The second kappa shape index (κ2) is 14.3. The van der Waals surface area contributed by atoms with Crippen molar-refractivity contribution in [1.29, 1.82) is 0 Å². The zero-order chi connectivity index (χ0) is 32.8. The Morgan fingerprint density at radius 3 is 2.65 bits per heavy atom. The maximum absolute atomic E-state index is 13.1. The number of aryl methyl sites for hydroxylation is 1. The minimum absolute atomic E-state index is 0.0568. The molecule has 16 heteroatoms. The topological polar surface area (TPSA) is 228 Å². The molecule has 8 N–H and O–H groups in total. The van der Waals surface area contributed by atoms with Crippen molar-refractivity contribution in [1.82, 2.24) is 35.9 Å². The molecule has 3 aromatic heterocycles. The molecule has 5 rings (SSSR count). The molecule has 0 aliphatic heterocycles. The first-order valence-corrected chi connectivity index (χ1v) is 15.6.